The molecule has 0 aliphatic carbocycles. The standard InChI is InChI=1S/C12H12N2O3S/c1-9-8-11(17-2)13-14-12(9)18(15,16)10-6-4-3-5-7-10/h3-8H,1-2H3. The van der Waals surface area contributed by atoms with Crippen molar-refractivity contribution in [2.75, 3.05) is 7.11 Å². The quantitative estimate of drug-likeness (QED) is 0.842. The van der Waals surface area contributed by atoms with E-state index in [0.29, 0.717) is 11.4 Å². The van der Waals surface area contributed by atoms with Crippen LogP contribution in [-0.2, 0) is 9.84 Å². The first-order valence-electron chi connectivity index (χ1n) is 5.24. The summed E-state index contributed by atoms with van der Waals surface area (Å²) in [5.41, 5.74) is 0.505. The first kappa shape index (κ1) is 12.5. The van der Waals surface area contributed by atoms with Crippen LogP contribution in [0.1, 0.15) is 5.56 Å². The van der Waals surface area contributed by atoms with Gasteiger partial charge in [0.15, 0.2) is 5.03 Å². The summed E-state index contributed by atoms with van der Waals surface area (Å²) in [6, 6.07) is 9.69. The molecule has 0 aliphatic heterocycles. The Morgan fingerprint density at radius 2 is 1.78 bits per heavy atom. The van der Waals surface area contributed by atoms with E-state index in [0.717, 1.165) is 0 Å². The lowest BCUT2D eigenvalue weighted by atomic mass is 10.3. The zero-order valence-corrected chi connectivity index (χ0v) is 10.8. The van der Waals surface area contributed by atoms with Crippen LogP contribution in [-0.4, -0.2) is 25.7 Å². The smallest absolute Gasteiger partial charge is 0.233 e. The molecule has 0 unspecified atom stereocenters. The van der Waals surface area contributed by atoms with Crippen LogP contribution in [0.25, 0.3) is 0 Å². The highest BCUT2D eigenvalue weighted by Crippen LogP contribution is 2.22. The minimum absolute atomic E-state index is 0.0468. The molecule has 1 aromatic heterocycles. The molecule has 18 heavy (non-hydrogen) atoms. The third kappa shape index (κ3) is 2.19. The van der Waals surface area contributed by atoms with Gasteiger partial charge in [0, 0.05) is 6.07 Å². The van der Waals surface area contributed by atoms with Crippen LogP contribution in [0.3, 0.4) is 0 Å². The van der Waals surface area contributed by atoms with Crippen molar-refractivity contribution in [2.45, 2.75) is 16.8 Å². The van der Waals surface area contributed by atoms with Crippen molar-refractivity contribution < 1.29 is 13.2 Å². The van der Waals surface area contributed by atoms with Crippen molar-refractivity contribution in [3.63, 3.8) is 0 Å². The highest BCUT2D eigenvalue weighted by atomic mass is 32.2. The molecule has 0 saturated carbocycles. The van der Waals surface area contributed by atoms with Crippen molar-refractivity contribution in [3.8, 4) is 5.88 Å². The van der Waals surface area contributed by atoms with Gasteiger partial charge in [-0.1, -0.05) is 18.2 Å². The molecule has 0 radical (unpaired) electrons. The number of rotatable bonds is 3. The van der Waals surface area contributed by atoms with Crippen LogP contribution in [0, 0.1) is 6.92 Å². The molecule has 0 N–H and O–H groups in total. The molecular formula is C12H12N2O3S. The number of hydrogen-bond donors (Lipinski definition) is 0. The summed E-state index contributed by atoms with van der Waals surface area (Å²) in [4.78, 5) is 0.201. The molecule has 94 valence electrons. The van der Waals surface area contributed by atoms with Gasteiger partial charge in [0.25, 0.3) is 0 Å². The van der Waals surface area contributed by atoms with Crippen molar-refractivity contribution >= 4 is 9.84 Å². The number of aromatic nitrogens is 2. The molecular weight excluding hydrogens is 252 g/mol. The van der Waals surface area contributed by atoms with Gasteiger partial charge < -0.3 is 4.74 Å². The summed E-state index contributed by atoms with van der Waals surface area (Å²) in [5.74, 6) is 0.291. The van der Waals surface area contributed by atoms with E-state index in [1.54, 1.807) is 31.2 Å². The molecule has 5 nitrogen and oxygen atoms in total. The fourth-order valence-electron chi connectivity index (χ4n) is 1.53. The molecule has 0 spiro atoms. The van der Waals surface area contributed by atoms with Gasteiger partial charge in [0.1, 0.15) is 0 Å². The Morgan fingerprint density at radius 1 is 1.11 bits per heavy atom. The first-order chi connectivity index (χ1) is 8.55. The van der Waals surface area contributed by atoms with E-state index in [1.165, 1.54) is 19.2 Å². The predicted molar refractivity (Wildman–Crippen MR) is 65.2 cm³/mol. The van der Waals surface area contributed by atoms with Crippen molar-refractivity contribution in [3.05, 3.63) is 42.0 Å². The number of methoxy groups -OCH3 is 1. The average Bonchev–Trinajstić information content (AvgIpc) is 2.39. The summed E-state index contributed by atoms with van der Waals surface area (Å²) < 4.78 is 29.5. The molecule has 1 aromatic carbocycles. The molecule has 0 bridgehead atoms. The largest absolute Gasteiger partial charge is 0.480 e. The van der Waals surface area contributed by atoms with Crippen molar-refractivity contribution in [1.29, 1.82) is 0 Å². The lowest BCUT2D eigenvalue weighted by Crippen LogP contribution is -2.08. The van der Waals surface area contributed by atoms with Gasteiger partial charge in [-0.15, -0.1) is 10.2 Å². The van der Waals surface area contributed by atoms with E-state index >= 15 is 0 Å². The van der Waals surface area contributed by atoms with Gasteiger partial charge in [0.05, 0.1) is 12.0 Å². The van der Waals surface area contributed by atoms with Gasteiger partial charge in [0.2, 0.25) is 15.7 Å². The van der Waals surface area contributed by atoms with Crippen molar-refractivity contribution in [1.82, 2.24) is 10.2 Å². The Hall–Kier alpha value is -1.95. The Morgan fingerprint density at radius 3 is 2.33 bits per heavy atom. The Balaban J connectivity index is 2.55. The zero-order chi connectivity index (χ0) is 13.2. The second kappa shape index (κ2) is 4.73. The Labute approximate surface area is 105 Å². The van der Waals surface area contributed by atoms with Crippen LogP contribution in [0.4, 0.5) is 0 Å². The predicted octanol–water partition coefficient (Wildman–Crippen LogP) is 1.63. The maximum atomic E-state index is 12.3. The SMILES string of the molecule is COc1cc(C)c(S(=O)(=O)c2ccccc2)nn1. The number of hydrogen-bond acceptors (Lipinski definition) is 5. The highest BCUT2D eigenvalue weighted by Gasteiger charge is 2.22. The molecule has 0 fully saturated rings. The van der Waals surface area contributed by atoms with Gasteiger partial charge in [-0.25, -0.2) is 8.42 Å². The minimum Gasteiger partial charge on any atom is -0.480 e. The number of nitrogens with zero attached hydrogens (tertiary/aromatic N) is 2. The summed E-state index contributed by atoms with van der Waals surface area (Å²) in [5, 5.41) is 7.39. The van der Waals surface area contributed by atoms with Gasteiger partial charge >= 0.3 is 0 Å². The molecule has 0 saturated heterocycles. The molecule has 1 heterocycles. The summed E-state index contributed by atoms with van der Waals surface area (Å²) in [6.07, 6.45) is 0. The van der Waals surface area contributed by atoms with E-state index in [2.05, 4.69) is 10.2 Å². The number of aryl methyl sites for hydroxylation is 1. The van der Waals surface area contributed by atoms with Gasteiger partial charge in [-0.05, 0) is 24.6 Å². The maximum absolute atomic E-state index is 12.3. The molecule has 0 atom stereocenters. The third-order valence-electron chi connectivity index (χ3n) is 2.43. The van der Waals surface area contributed by atoms with Crippen LogP contribution in [0.5, 0.6) is 5.88 Å². The maximum Gasteiger partial charge on any atom is 0.233 e. The topological polar surface area (TPSA) is 69.2 Å². The molecule has 6 heteroatoms. The fourth-order valence-corrected chi connectivity index (χ4v) is 2.90. The molecule has 0 amide bonds. The Bertz CT molecular complexity index is 654. The Kier molecular flexibility index (Phi) is 3.29. The fraction of sp³-hybridized carbons (Fsp3) is 0.167. The molecule has 2 aromatic rings. The summed E-state index contributed by atoms with van der Waals surface area (Å²) >= 11 is 0. The lowest BCUT2D eigenvalue weighted by Gasteiger charge is -2.06. The lowest BCUT2D eigenvalue weighted by molar-refractivity contribution is 0.389. The molecule has 0 aliphatic rings. The van der Waals surface area contributed by atoms with Crippen LogP contribution in [0.15, 0.2) is 46.3 Å². The van der Waals surface area contributed by atoms with Crippen LogP contribution < -0.4 is 4.74 Å². The normalized spacial score (nSPS) is 11.2. The minimum atomic E-state index is -3.62. The number of ether oxygens (including phenoxy) is 1. The number of benzene rings is 1. The van der Waals surface area contributed by atoms with Crippen LogP contribution >= 0.6 is 0 Å². The second-order valence-electron chi connectivity index (χ2n) is 3.69. The summed E-state index contributed by atoms with van der Waals surface area (Å²) in [7, 11) is -2.17. The summed E-state index contributed by atoms with van der Waals surface area (Å²) in [6.45, 7) is 1.66. The monoisotopic (exact) mass is 264 g/mol. The van der Waals surface area contributed by atoms with Crippen molar-refractivity contribution in [2.24, 2.45) is 0 Å². The van der Waals surface area contributed by atoms with Crippen LogP contribution in [0.2, 0.25) is 0 Å². The van der Waals surface area contributed by atoms with Gasteiger partial charge in [-0.2, -0.15) is 0 Å². The average molecular weight is 264 g/mol. The van der Waals surface area contributed by atoms with E-state index in [-0.39, 0.29) is 9.92 Å². The third-order valence-corrected chi connectivity index (χ3v) is 4.24. The second-order valence-corrected chi connectivity index (χ2v) is 5.56. The van der Waals surface area contributed by atoms with E-state index < -0.39 is 9.84 Å². The highest BCUT2D eigenvalue weighted by molar-refractivity contribution is 7.91. The van der Waals surface area contributed by atoms with E-state index in [4.69, 9.17) is 4.74 Å². The first-order valence-corrected chi connectivity index (χ1v) is 6.72. The van der Waals surface area contributed by atoms with E-state index in [9.17, 15) is 8.42 Å². The molecule has 2 rings (SSSR count). The van der Waals surface area contributed by atoms with E-state index in [1.807, 2.05) is 0 Å². The number of sulfone groups is 1. The zero-order valence-electron chi connectivity index (χ0n) is 9.99. The van der Waals surface area contributed by atoms with Gasteiger partial charge in [-0.3, -0.25) is 0 Å².